The van der Waals surface area contributed by atoms with Crippen molar-refractivity contribution in [1.29, 1.82) is 0 Å². The SMILES string of the molecule is CCO[C@@H]1C[C@H]1C(=O)N[C@@H](Cc1c[nH]c2ccccc12)C(=O)O. The summed E-state index contributed by atoms with van der Waals surface area (Å²) in [6, 6.07) is 6.76. The van der Waals surface area contributed by atoms with Crippen molar-refractivity contribution < 1.29 is 19.4 Å². The lowest BCUT2D eigenvalue weighted by molar-refractivity contribution is -0.142. The van der Waals surface area contributed by atoms with Crippen molar-refractivity contribution in [2.24, 2.45) is 5.92 Å². The Morgan fingerprint density at radius 2 is 2.22 bits per heavy atom. The number of carboxylic acid groups (broad SMARTS) is 1. The summed E-state index contributed by atoms with van der Waals surface area (Å²) in [4.78, 5) is 26.7. The van der Waals surface area contributed by atoms with Gasteiger partial charge in [-0.05, 0) is 25.0 Å². The Hall–Kier alpha value is -2.34. The van der Waals surface area contributed by atoms with Gasteiger partial charge in [0, 0.05) is 30.1 Å². The van der Waals surface area contributed by atoms with Gasteiger partial charge in [-0.15, -0.1) is 0 Å². The topological polar surface area (TPSA) is 91.4 Å². The number of aliphatic carboxylic acids is 1. The minimum Gasteiger partial charge on any atom is -0.480 e. The summed E-state index contributed by atoms with van der Waals surface area (Å²) < 4.78 is 5.38. The molecule has 6 nitrogen and oxygen atoms in total. The van der Waals surface area contributed by atoms with Gasteiger partial charge in [0.15, 0.2) is 0 Å². The molecule has 0 radical (unpaired) electrons. The van der Waals surface area contributed by atoms with E-state index in [-0.39, 0.29) is 24.3 Å². The van der Waals surface area contributed by atoms with Crippen molar-refractivity contribution in [2.45, 2.75) is 31.9 Å². The van der Waals surface area contributed by atoms with Crippen molar-refractivity contribution in [3.8, 4) is 0 Å². The Morgan fingerprint density at radius 3 is 2.96 bits per heavy atom. The van der Waals surface area contributed by atoms with E-state index in [0.29, 0.717) is 13.0 Å². The fraction of sp³-hybridized carbons (Fsp3) is 0.412. The van der Waals surface area contributed by atoms with Crippen molar-refractivity contribution in [2.75, 3.05) is 6.61 Å². The number of aromatic amines is 1. The van der Waals surface area contributed by atoms with E-state index in [4.69, 9.17) is 4.74 Å². The van der Waals surface area contributed by atoms with Crippen LogP contribution in [0.5, 0.6) is 0 Å². The number of fused-ring (bicyclic) bond motifs is 1. The van der Waals surface area contributed by atoms with Gasteiger partial charge in [-0.25, -0.2) is 4.79 Å². The number of aromatic nitrogens is 1. The molecule has 0 saturated heterocycles. The molecule has 2 aromatic rings. The molecule has 1 amide bonds. The van der Waals surface area contributed by atoms with Crippen LogP contribution in [0.4, 0.5) is 0 Å². The van der Waals surface area contributed by atoms with Crippen LogP contribution in [0.3, 0.4) is 0 Å². The van der Waals surface area contributed by atoms with Crippen LogP contribution in [-0.2, 0) is 20.7 Å². The lowest BCUT2D eigenvalue weighted by Gasteiger charge is -2.14. The summed E-state index contributed by atoms with van der Waals surface area (Å²) in [7, 11) is 0. The monoisotopic (exact) mass is 316 g/mol. The number of hydrogen-bond donors (Lipinski definition) is 3. The van der Waals surface area contributed by atoms with Gasteiger partial charge in [0.05, 0.1) is 12.0 Å². The standard InChI is InChI=1S/C17H20N2O4/c1-2-23-15-8-12(15)16(20)19-14(17(21)22)7-10-9-18-13-6-4-3-5-11(10)13/h3-6,9,12,14-15,18H,2,7-8H2,1H3,(H,19,20)(H,21,22)/t12-,14+,15-/m1/s1. The van der Waals surface area contributed by atoms with Crippen molar-refractivity contribution in [3.63, 3.8) is 0 Å². The molecule has 1 heterocycles. The number of benzene rings is 1. The molecule has 122 valence electrons. The molecule has 6 heteroatoms. The highest BCUT2D eigenvalue weighted by atomic mass is 16.5. The number of hydrogen-bond acceptors (Lipinski definition) is 3. The molecule has 1 aromatic carbocycles. The van der Waals surface area contributed by atoms with E-state index >= 15 is 0 Å². The maximum Gasteiger partial charge on any atom is 0.326 e. The molecule has 1 aliphatic rings. The zero-order chi connectivity index (χ0) is 16.4. The third-order valence-electron chi connectivity index (χ3n) is 4.16. The van der Waals surface area contributed by atoms with Gasteiger partial charge >= 0.3 is 5.97 Å². The Morgan fingerprint density at radius 1 is 1.43 bits per heavy atom. The molecular weight excluding hydrogens is 296 g/mol. The Kier molecular flexibility index (Phi) is 4.34. The van der Waals surface area contributed by atoms with Crippen LogP contribution >= 0.6 is 0 Å². The largest absolute Gasteiger partial charge is 0.480 e. The molecule has 1 fully saturated rings. The maximum absolute atomic E-state index is 12.1. The quantitative estimate of drug-likeness (QED) is 0.725. The van der Waals surface area contributed by atoms with E-state index in [0.717, 1.165) is 16.5 Å². The average Bonchev–Trinajstić information content (AvgIpc) is 3.19. The zero-order valence-electron chi connectivity index (χ0n) is 12.9. The zero-order valence-corrected chi connectivity index (χ0v) is 12.9. The van der Waals surface area contributed by atoms with Gasteiger partial charge in [-0.3, -0.25) is 4.79 Å². The molecule has 3 N–H and O–H groups in total. The molecular formula is C17H20N2O4. The summed E-state index contributed by atoms with van der Waals surface area (Å²) in [5.41, 5.74) is 1.84. The van der Waals surface area contributed by atoms with Gasteiger partial charge in [-0.1, -0.05) is 18.2 Å². The Bertz CT molecular complexity index is 724. The minimum absolute atomic E-state index is 0.0671. The van der Waals surface area contributed by atoms with E-state index in [1.165, 1.54) is 0 Å². The van der Waals surface area contributed by atoms with Crippen LogP contribution in [0.1, 0.15) is 18.9 Å². The average molecular weight is 316 g/mol. The number of nitrogens with one attached hydrogen (secondary N) is 2. The smallest absolute Gasteiger partial charge is 0.326 e. The number of rotatable bonds is 7. The fourth-order valence-electron chi connectivity index (χ4n) is 2.85. The number of carbonyl (C=O) groups excluding carboxylic acids is 1. The molecule has 1 aliphatic carbocycles. The first-order valence-electron chi connectivity index (χ1n) is 7.80. The number of carbonyl (C=O) groups is 2. The highest BCUT2D eigenvalue weighted by molar-refractivity contribution is 5.88. The van der Waals surface area contributed by atoms with Gasteiger partial charge in [0.1, 0.15) is 6.04 Å². The third kappa shape index (κ3) is 3.37. The first-order chi connectivity index (χ1) is 11.1. The van der Waals surface area contributed by atoms with E-state index in [2.05, 4.69) is 10.3 Å². The minimum atomic E-state index is -1.03. The Balaban J connectivity index is 1.68. The van der Waals surface area contributed by atoms with E-state index in [1.807, 2.05) is 31.2 Å². The number of amides is 1. The molecule has 1 saturated carbocycles. The van der Waals surface area contributed by atoms with E-state index in [9.17, 15) is 14.7 Å². The molecule has 23 heavy (non-hydrogen) atoms. The maximum atomic E-state index is 12.1. The predicted molar refractivity (Wildman–Crippen MR) is 85.1 cm³/mol. The van der Waals surface area contributed by atoms with Crippen LogP contribution in [0.2, 0.25) is 0 Å². The fourth-order valence-corrected chi connectivity index (χ4v) is 2.85. The lowest BCUT2D eigenvalue weighted by atomic mass is 10.0. The normalized spacial score (nSPS) is 21.1. The summed E-state index contributed by atoms with van der Waals surface area (Å²) in [5, 5.41) is 13.0. The first kappa shape index (κ1) is 15.6. The van der Waals surface area contributed by atoms with Crippen molar-refractivity contribution in [3.05, 3.63) is 36.0 Å². The highest BCUT2D eigenvalue weighted by Crippen LogP contribution is 2.34. The van der Waals surface area contributed by atoms with Crippen LogP contribution in [0.25, 0.3) is 10.9 Å². The number of H-pyrrole nitrogens is 1. The summed E-state index contributed by atoms with van der Waals surface area (Å²) in [6.07, 6.45) is 2.64. The van der Waals surface area contributed by atoms with Crippen LogP contribution in [0, 0.1) is 5.92 Å². The molecule has 3 rings (SSSR count). The first-order valence-corrected chi connectivity index (χ1v) is 7.80. The molecule has 1 aromatic heterocycles. The summed E-state index contributed by atoms with van der Waals surface area (Å²) in [5.74, 6) is -1.49. The number of carboxylic acids is 1. The van der Waals surface area contributed by atoms with Crippen molar-refractivity contribution in [1.82, 2.24) is 10.3 Å². The van der Waals surface area contributed by atoms with E-state index in [1.54, 1.807) is 6.20 Å². The number of para-hydroxylation sites is 1. The van der Waals surface area contributed by atoms with Crippen LogP contribution < -0.4 is 5.32 Å². The third-order valence-corrected chi connectivity index (χ3v) is 4.16. The van der Waals surface area contributed by atoms with Gasteiger partial charge in [0.2, 0.25) is 5.91 Å². The van der Waals surface area contributed by atoms with Gasteiger partial charge in [0.25, 0.3) is 0 Å². The van der Waals surface area contributed by atoms with Gasteiger partial charge < -0.3 is 20.1 Å². The predicted octanol–water partition coefficient (Wildman–Crippen LogP) is 1.70. The molecule has 0 spiro atoms. The number of ether oxygens (including phenoxy) is 1. The summed E-state index contributed by atoms with van der Waals surface area (Å²) in [6.45, 7) is 2.44. The second-order valence-electron chi connectivity index (χ2n) is 5.80. The molecule has 0 bridgehead atoms. The van der Waals surface area contributed by atoms with Gasteiger partial charge in [-0.2, -0.15) is 0 Å². The molecule has 3 atom stereocenters. The van der Waals surface area contributed by atoms with Crippen LogP contribution in [-0.4, -0.2) is 40.7 Å². The Labute approximate surface area is 133 Å². The second-order valence-corrected chi connectivity index (χ2v) is 5.80. The lowest BCUT2D eigenvalue weighted by Crippen LogP contribution is -2.43. The molecule has 0 aliphatic heterocycles. The van der Waals surface area contributed by atoms with Crippen LogP contribution in [0.15, 0.2) is 30.5 Å². The molecule has 0 unspecified atom stereocenters. The summed E-state index contributed by atoms with van der Waals surface area (Å²) >= 11 is 0. The van der Waals surface area contributed by atoms with E-state index < -0.39 is 12.0 Å². The van der Waals surface area contributed by atoms with Crippen molar-refractivity contribution >= 4 is 22.8 Å². The second kappa shape index (κ2) is 6.42. The highest BCUT2D eigenvalue weighted by Gasteiger charge is 2.44.